The molecule has 0 saturated carbocycles. The average Bonchev–Trinajstić information content (AvgIpc) is 2.40. The first-order valence-corrected chi connectivity index (χ1v) is 6.40. The smallest absolute Gasteiger partial charge is 0.326 e. The van der Waals surface area contributed by atoms with Crippen LogP contribution in [-0.2, 0) is 4.79 Å². The summed E-state index contributed by atoms with van der Waals surface area (Å²) in [4.78, 5) is 32.8. The van der Waals surface area contributed by atoms with Crippen LogP contribution in [0.25, 0.3) is 0 Å². The molecule has 0 radical (unpaired) electrons. The van der Waals surface area contributed by atoms with E-state index in [-0.39, 0.29) is 5.69 Å². The molecule has 0 unspecified atom stereocenters. The summed E-state index contributed by atoms with van der Waals surface area (Å²) in [5.74, 6) is -1.10. The van der Waals surface area contributed by atoms with Gasteiger partial charge in [0.1, 0.15) is 6.04 Å². The Bertz CT molecular complexity index is 559. The van der Waals surface area contributed by atoms with Crippen molar-refractivity contribution >= 4 is 23.4 Å². The van der Waals surface area contributed by atoms with E-state index in [1.807, 2.05) is 6.92 Å². The number of carbonyl (C=O) groups is 2. The maximum Gasteiger partial charge on any atom is 0.326 e. The molecule has 0 bridgehead atoms. The van der Waals surface area contributed by atoms with Crippen molar-refractivity contribution in [1.29, 1.82) is 0 Å². The van der Waals surface area contributed by atoms with Gasteiger partial charge in [-0.25, -0.2) is 9.59 Å². The normalized spacial score (nSPS) is 11.5. The molecule has 0 saturated heterocycles. The predicted octanol–water partition coefficient (Wildman–Crippen LogP) is 2.28. The topological polar surface area (TPSA) is 122 Å². The number of carbonyl (C=O) groups excluding carboxylic acids is 1. The minimum atomic E-state index is -1.10. The standard InChI is InChI=1S/C13H17N3O5/c1-3-4-11(12(17)18)15-13(19)14-10-6-5-9(16(20)21)7-8(10)2/h5-7,11H,3-4H2,1-2H3,(H,17,18)(H2,14,15,19)/t11-/m0/s1. The summed E-state index contributed by atoms with van der Waals surface area (Å²) in [7, 11) is 0. The zero-order valence-electron chi connectivity index (χ0n) is 11.8. The number of nitrogens with one attached hydrogen (secondary N) is 2. The van der Waals surface area contributed by atoms with Crippen molar-refractivity contribution in [2.24, 2.45) is 0 Å². The largest absolute Gasteiger partial charge is 0.480 e. The van der Waals surface area contributed by atoms with Crippen molar-refractivity contribution in [2.45, 2.75) is 32.7 Å². The van der Waals surface area contributed by atoms with Gasteiger partial charge in [-0.1, -0.05) is 13.3 Å². The number of benzene rings is 1. The van der Waals surface area contributed by atoms with Crippen LogP contribution in [0.15, 0.2) is 18.2 Å². The Morgan fingerprint density at radius 2 is 2.10 bits per heavy atom. The van der Waals surface area contributed by atoms with Gasteiger partial charge in [0.15, 0.2) is 0 Å². The zero-order valence-corrected chi connectivity index (χ0v) is 11.8. The fourth-order valence-corrected chi connectivity index (χ4v) is 1.76. The number of anilines is 1. The number of carboxylic acids is 1. The van der Waals surface area contributed by atoms with E-state index in [2.05, 4.69) is 10.6 Å². The third kappa shape index (κ3) is 4.75. The third-order valence-electron chi connectivity index (χ3n) is 2.85. The maximum absolute atomic E-state index is 11.8. The molecule has 2 amide bonds. The summed E-state index contributed by atoms with van der Waals surface area (Å²) in [5.41, 5.74) is 0.827. The molecule has 0 aliphatic carbocycles. The monoisotopic (exact) mass is 295 g/mol. The van der Waals surface area contributed by atoms with E-state index in [1.54, 1.807) is 6.92 Å². The Morgan fingerprint density at radius 3 is 2.57 bits per heavy atom. The molecule has 0 fully saturated rings. The van der Waals surface area contributed by atoms with Crippen molar-refractivity contribution in [3.05, 3.63) is 33.9 Å². The molecule has 114 valence electrons. The molecule has 1 rings (SSSR count). The Balaban J connectivity index is 2.74. The molecular weight excluding hydrogens is 278 g/mol. The van der Waals surface area contributed by atoms with E-state index in [1.165, 1.54) is 18.2 Å². The number of carboxylic acid groups (broad SMARTS) is 1. The fourth-order valence-electron chi connectivity index (χ4n) is 1.76. The molecule has 8 heteroatoms. The van der Waals surface area contributed by atoms with Crippen molar-refractivity contribution in [1.82, 2.24) is 5.32 Å². The van der Waals surface area contributed by atoms with E-state index < -0.39 is 23.0 Å². The molecule has 1 aromatic rings. The Labute approximate surface area is 121 Å². The highest BCUT2D eigenvalue weighted by molar-refractivity contribution is 5.93. The number of urea groups is 1. The number of amides is 2. The van der Waals surface area contributed by atoms with Crippen molar-refractivity contribution in [3.8, 4) is 0 Å². The van der Waals surface area contributed by atoms with Gasteiger partial charge in [-0.3, -0.25) is 10.1 Å². The third-order valence-corrected chi connectivity index (χ3v) is 2.85. The lowest BCUT2D eigenvalue weighted by Crippen LogP contribution is -2.42. The number of non-ortho nitro benzene ring substituents is 1. The highest BCUT2D eigenvalue weighted by atomic mass is 16.6. The van der Waals surface area contributed by atoms with Gasteiger partial charge in [-0.2, -0.15) is 0 Å². The lowest BCUT2D eigenvalue weighted by Gasteiger charge is -2.15. The molecule has 0 aliphatic rings. The maximum atomic E-state index is 11.8. The number of rotatable bonds is 6. The molecule has 0 heterocycles. The van der Waals surface area contributed by atoms with Crippen molar-refractivity contribution < 1.29 is 19.6 Å². The van der Waals surface area contributed by atoms with Gasteiger partial charge >= 0.3 is 12.0 Å². The summed E-state index contributed by atoms with van der Waals surface area (Å²) < 4.78 is 0. The van der Waals surface area contributed by atoms with E-state index in [9.17, 15) is 19.7 Å². The van der Waals surface area contributed by atoms with E-state index >= 15 is 0 Å². The van der Waals surface area contributed by atoms with Crippen molar-refractivity contribution in [2.75, 3.05) is 5.32 Å². The summed E-state index contributed by atoms with van der Waals surface area (Å²) in [6.07, 6.45) is 0.940. The number of nitro groups is 1. The molecular formula is C13H17N3O5. The summed E-state index contributed by atoms with van der Waals surface area (Å²) in [5, 5.41) is 24.4. The van der Waals surface area contributed by atoms with Crippen LogP contribution in [0.2, 0.25) is 0 Å². The molecule has 21 heavy (non-hydrogen) atoms. The van der Waals surface area contributed by atoms with E-state index in [0.717, 1.165) is 0 Å². The Morgan fingerprint density at radius 1 is 1.43 bits per heavy atom. The molecule has 8 nitrogen and oxygen atoms in total. The predicted molar refractivity (Wildman–Crippen MR) is 76.3 cm³/mol. The fraction of sp³-hybridized carbons (Fsp3) is 0.385. The van der Waals surface area contributed by atoms with Gasteiger partial charge in [0.05, 0.1) is 4.92 Å². The van der Waals surface area contributed by atoms with E-state index in [0.29, 0.717) is 24.1 Å². The number of hydrogen-bond acceptors (Lipinski definition) is 4. The number of nitro benzene ring substituents is 1. The summed E-state index contributed by atoms with van der Waals surface area (Å²) in [6, 6.07) is 2.38. The van der Waals surface area contributed by atoms with Gasteiger partial charge < -0.3 is 15.7 Å². The number of aliphatic carboxylic acids is 1. The van der Waals surface area contributed by atoms with Crippen LogP contribution in [0, 0.1) is 17.0 Å². The number of hydrogen-bond donors (Lipinski definition) is 3. The second kappa shape index (κ2) is 7.22. The van der Waals surface area contributed by atoms with Crippen LogP contribution in [0.5, 0.6) is 0 Å². The summed E-state index contributed by atoms with van der Waals surface area (Å²) in [6.45, 7) is 3.43. The first kappa shape index (κ1) is 16.4. The minimum absolute atomic E-state index is 0.0761. The van der Waals surface area contributed by atoms with E-state index in [4.69, 9.17) is 5.11 Å². The molecule has 0 spiro atoms. The van der Waals surface area contributed by atoms with Crippen LogP contribution in [-0.4, -0.2) is 28.1 Å². The van der Waals surface area contributed by atoms with Crippen LogP contribution in [0.4, 0.5) is 16.2 Å². The number of aryl methyl sites for hydroxylation is 1. The van der Waals surface area contributed by atoms with Crippen LogP contribution in [0.1, 0.15) is 25.3 Å². The van der Waals surface area contributed by atoms with Gasteiger partial charge in [0, 0.05) is 17.8 Å². The second-order valence-corrected chi connectivity index (χ2v) is 4.53. The van der Waals surface area contributed by atoms with Crippen LogP contribution < -0.4 is 10.6 Å². The minimum Gasteiger partial charge on any atom is -0.480 e. The Hall–Kier alpha value is -2.64. The first-order chi connectivity index (χ1) is 9.85. The van der Waals surface area contributed by atoms with Crippen molar-refractivity contribution in [3.63, 3.8) is 0 Å². The SMILES string of the molecule is CCC[C@H](NC(=O)Nc1ccc([N+](=O)[O-])cc1C)C(=O)O. The molecule has 1 atom stereocenters. The summed E-state index contributed by atoms with van der Waals surface area (Å²) >= 11 is 0. The van der Waals surface area contributed by atoms with Gasteiger partial charge in [0.2, 0.25) is 0 Å². The highest BCUT2D eigenvalue weighted by Gasteiger charge is 2.19. The van der Waals surface area contributed by atoms with Gasteiger partial charge in [-0.05, 0) is 25.0 Å². The molecule has 1 aromatic carbocycles. The van der Waals surface area contributed by atoms with Gasteiger partial charge in [-0.15, -0.1) is 0 Å². The van der Waals surface area contributed by atoms with Crippen LogP contribution >= 0.6 is 0 Å². The quantitative estimate of drug-likeness (QED) is 0.549. The molecule has 3 N–H and O–H groups in total. The van der Waals surface area contributed by atoms with Crippen LogP contribution in [0.3, 0.4) is 0 Å². The average molecular weight is 295 g/mol. The zero-order chi connectivity index (χ0) is 16.0. The molecule has 0 aromatic heterocycles. The molecule has 0 aliphatic heterocycles. The highest BCUT2D eigenvalue weighted by Crippen LogP contribution is 2.21. The lowest BCUT2D eigenvalue weighted by atomic mass is 10.1. The second-order valence-electron chi connectivity index (χ2n) is 4.53. The Kier molecular flexibility index (Phi) is 5.65. The van der Waals surface area contributed by atoms with Gasteiger partial charge in [0.25, 0.3) is 5.69 Å². The lowest BCUT2D eigenvalue weighted by molar-refractivity contribution is -0.384. The number of nitrogens with zero attached hydrogens (tertiary/aromatic N) is 1. The first-order valence-electron chi connectivity index (χ1n) is 6.40.